The Morgan fingerprint density at radius 3 is 2.73 bits per heavy atom. The van der Waals surface area contributed by atoms with E-state index in [2.05, 4.69) is 32.0 Å². The van der Waals surface area contributed by atoms with E-state index in [1.165, 1.54) is 24.0 Å². The lowest BCUT2D eigenvalue weighted by Crippen LogP contribution is -2.23. The van der Waals surface area contributed by atoms with Gasteiger partial charge >= 0.3 is 0 Å². The van der Waals surface area contributed by atoms with Crippen LogP contribution in [0.2, 0.25) is 10.4 Å². The van der Waals surface area contributed by atoms with Crippen LogP contribution >= 0.6 is 23.2 Å². The van der Waals surface area contributed by atoms with Gasteiger partial charge in [0, 0.05) is 37.3 Å². The third-order valence-electron chi connectivity index (χ3n) is 6.45. The Hall–Kier alpha value is -3.69. The maximum atomic E-state index is 11.3. The van der Waals surface area contributed by atoms with Crippen molar-refractivity contribution in [1.29, 1.82) is 0 Å². The van der Waals surface area contributed by atoms with Gasteiger partial charge in [0.1, 0.15) is 23.0 Å². The number of hydrogen-bond acceptors (Lipinski definition) is 7. The Morgan fingerprint density at radius 1 is 1.19 bits per heavy atom. The maximum absolute atomic E-state index is 11.3. The largest absolute Gasteiger partial charge is 0.491 e. The fraction of sp³-hybridized carbons (Fsp3) is 0.269. The Kier molecular flexibility index (Phi) is 7.25. The van der Waals surface area contributed by atoms with Crippen LogP contribution < -0.4 is 9.64 Å². The van der Waals surface area contributed by atoms with Crippen LogP contribution in [-0.2, 0) is 6.42 Å². The van der Waals surface area contributed by atoms with Crippen LogP contribution in [0.1, 0.15) is 35.6 Å². The third kappa shape index (κ3) is 5.38. The van der Waals surface area contributed by atoms with Gasteiger partial charge in [0.05, 0.1) is 29.0 Å². The van der Waals surface area contributed by atoms with Gasteiger partial charge in [-0.2, -0.15) is 0 Å². The van der Waals surface area contributed by atoms with Crippen molar-refractivity contribution >= 4 is 34.7 Å². The zero-order valence-electron chi connectivity index (χ0n) is 20.1. The van der Waals surface area contributed by atoms with Gasteiger partial charge in [-0.1, -0.05) is 41.9 Å². The molecule has 0 saturated heterocycles. The summed E-state index contributed by atoms with van der Waals surface area (Å²) in [5.74, 6) is 1.41. The number of non-ortho nitro benzene ring substituents is 1. The number of halogens is 2. The Labute approximate surface area is 223 Å². The number of nitro benzene ring substituents is 1. The van der Waals surface area contributed by atoms with E-state index in [4.69, 9.17) is 27.9 Å². The molecule has 1 atom stereocenters. The lowest BCUT2D eigenvalue weighted by Gasteiger charge is -2.22. The zero-order valence-corrected chi connectivity index (χ0v) is 21.6. The van der Waals surface area contributed by atoms with E-state index in [1.807, 2.05) is 25.2 Å². The molecule has 1 aliphatic rings. The molecule has 0 radical (unpaired) electrons. The lowest BCUT2D eigenvalue weighted by molar-refractivity contribution is -0.384. The molecule has 0 amide bonds. The number of fused-ring (bicyclic) bond motifs is 1. The van der Waals surface area contributed by atoms with Gasteiger partial charge in [-0.15, -0.1) is 0 Å². The normalized spacial score (nSPS) is 14.4. The number of benzene rings is 2. The van der Waals surface area contributed by atoms with E-state index in [0.29, 0.717) is 36.2 Å². The first-order chi connectivity index (χ1) is 17.9. The molecule has 2 aromatic carbocycles. The van der Waals surface area contributed by atoms with Gasteiger partial charge in [-0.25, -0.2) is 15.0 Å². The van der Waals surface area contributed by atoms with E-state index in [0.717, 1.165) is 29.9 Å². The second-order valence-electron chi connectivity index (χ2n) is 8.82. The highest BCUT2D eigenvalue weighted by Gasteiger charge is 2.30. The van der Waals surface area contributed by atoms with Crippen molar-refractivity contribution in [2.45, 2.75) is 25.2 Å². The Bertz CT molecular complexity index is 1430. The number of nitro groups is 1. The summed E-state index contributed by atoms with van der Waals surface area (Å²) in [5, 5.41) is 11.8. The number of imidazole rings is 1. The zero-order chi connectivity index (χ0) is 25.9. The van der Waals surface area contributed by atoms with Crippen LogP contribution in [0, 0.1) is 10.1 Å². The van der Waals surface area contributed by atoms with Gasteiger partial charge in [-0.3, -0.25) is 10.1 Å². The summed E-state index contributed by atoms with van der Waals surface area (Å²) in [4.78, 5) is 26.0. The smallest absolute Gasteiger partial charge is 0.273 e. The van der Waals surface area contributed by atoms with Gasteiger partial charge < -0.3 is 14.2 Å². The highest BCUT2D eigenvalue weighted by atomic mass is 35.5. The van der Waals surface area contributed by atoms with Crippen LogP contribution in [0.25, 0.3) is 5.69 Å². The van der Waals surface area contributed by atoms with Crippen molar-refractivity contribution in [3.05, 3.63) is 98.4 Å². The minimum Gasteiger partial charge on any atom is -0.491 e. The second-order valence-corrected chi connectivity index (χ2v) is 9.54. The molecule has 2 heterocycles. The molecule has 2 aromatic heterocycles. The van der Waals surface area contributed by atoms with Crippen LogP contribution in [-0.4, -0.2) is 44.6 Å². The van der Waals surface area contributed by atoms with Gasteiger partial charge in [0.2, 0.25) is 5.28 Å². The van der Waals surface area contributed by atoms with Crippen molar-refractivity contribution in [3.63, 3.8) is 0 Å². The molecule has 1 unspecified atom stereocenters. The fourth-order valence-electron chi connectivity index (χ4n) is 4.71. The summed E-state index contributed by atoms with van der Waals surface area (Å²) >= 11 is 12.3. The highest BCUT2D eigenvalue weighted by Crippen LogP contribution is 2.40. The van der Waals surface area contributed by atoms with E-state index in [9.17, 15) is 10.1 Å². The SMILES string of the molecule is CN(CCCOc1cc([N+](=O)[O-])ccc1-n1cnc(Cl)c1)c1nc(Cl)nc2c1CCC2c1ccccc1. The minimum absolute atomic E-state index is 0.0544. The van der Waals surface area contributed by atoms with Crippen LogP contribution in [0.4, 0.5) is 11.5 Å². The topological polar surface area (TPSA) is 99.2 Å². The van der Waals surface area contributed by atoms with Gasteiger partial charge in [-0.05, 0) is 42.5 Å². The van der Waals surface area contributed by atoms with Crippen LogP contribution in [0.15, 0.2) is 61.1 Å². The number of hydrogen-bond donors (Lipinski definition) is 0. The molecule has 0 aliphatic heterocycles. The molecule has 190 valence electrons. The molecule has 11 heteroatoms. The first-order valence-electron chi connectivity index (χ1n) is 11.8. The molecule has 4 aromatic rings. The summed E-state index contributed by atoms with van der Waals surface area (Å²) < 4.78 is 7.66. The van der Waals surface area contributed by atoms with Crippen LogP contribution in [0.3, 0.4) is 0 Å². The van der Waals surface area contributed by atoms with Crippen molar-refractivity contribution in [1.82, 2.24) is 19.5 Å². The van der Waals surface area contributed by atoms with E-state index >= 15 is 0 Å². The monoisotopic (exact) mass is 538 g/mol. The van der Waals surface area contributed by atoms with E-state index < -0.39 is 4.92 Å². The van der Waals surface area contributed by atoms with Crippen molar-refractivity contribution in [2.24, 2.45) is 0 Å². The number of ether oxygens (including phenoxy) is 1. The Balaban J connectivity index is 1.28. The number of anilines is 1. The average Bonchev–Trinajstić information content (AvgIpc) is 3.52. The number of nitrogens with zero attached hydrogens (tertiary/aromatic N) is 6. The summed E-state index contributed by atoms with van der Waals surface area (Å²) in [6.45, 7) is 0.992. The fourth-order valence-corrected chi connectivity index (χ4v) is 5.03. The molecule has 0 spiro atoms. The number of rotatable bonds is 9. The highest BCUT2D eigenvalue weighted by molar-refractivity contribution is 6.29. The van der Waals surface area contributed by atoms with E-state index in [1.54, 1.807) is 16.8 Å². The molecule has 0 bridgehead atoms. The summed E-state index contributed by atoms with van der Waals surface area (Å²) in [5.41, 5.74) is 3.90. The molecule has 5 rings (SSSR count). The van der Waals surface area contributed by atoms with Crippen molar-refractivity contribution in [2.75, 3.05) is 25.1 Å². The second kappa shape index (κ2) is 10.7. The molecular formula is C26H24Cl2N6O3. The first-order valence-corrected chi connectivity index (χ1v) is 12.6. The predicted molar refractivity (Wildman–Crippen MR) is 142 cm³/mol. The predicted octanol–water partition coefficient (Wildman–Crippen LogP) is 5.86. The summed E-state index contributed by atoms with van der Waals surface area (Å²) in [6, 6.07) is 14.8. The van der Waals surface area contributed by atoms with Crippen molar-refractivity contribution < 1.29 is 9.66 Å². The molecule has 0 N–H and O–H groups in total. The molecular weight excluding hydrogens is 515 g/mol. The quantitative estimate of drug-likeness (QED) is 0.114. The van der Waals surface area contributed by atoms with E-state index in [-0.39, 0.29) is 16.9 Å². The van der Waals surface area contributed by atoms with Crippen LogP contribution in [0.5, 0.6) is 5.75 Å². The average molecular weight is 539 g/mol. The molecule has 9 nitrogen and oxygen atoms in total. The first kappa shape index (κ1) is 25.0. The summed E-state index contributed by atoms with van der Waals surface area (Å²) in [6.07, 6.45) is 5.65. The molecule has 1 aliphatic carbocycles. The standard InChI is InChI=1S/C26H24Cl2N6O3/c1-32(25-20-10-9-19(17-6-3-2-4-7-17)24(20)30-26(28)31-25)12-5-13-37-22-14-18(34(35)36)8-11-21(22)33-15-23(27)29-16-33/h2-4,6-8,11,14-16,19H,5,9-10,12-13H2,1H3. The summed E-state index contributed by atoms with van der Waals surface area (Å²) in [7, 11) is 1.97. The molecule has 37 heavy (non-hydrogen) atoms. The van der Waals surface area contributed by atoms with Gasteiger partial charge in [0.15, 0.2) is 0 Å². The molecule has 0 fully saturated rings. The van der Waals surface area contributed by atoms with Gasteiger partial charge in [0.25, 0.3) is 5.69 Å². The maximum Gasteiger partial charge on any atom is 0.273 e. The number of aromatic nitrogens is 4. The third-order valence-corrected chi connectivity index (χ3v) is 6.81. The molecule has 0 saturated carbocycles. The lowest BCUT2D eigenvalue weighted by atomic mass is 9.97. The minimum atomic E-state index is -0.451. The van der Waals surface area contributed by atoms with Crippen molar-refractivity contribution in [3.8, 4) is 11.4 Å². The Morgan fingerprint density at radius 2 is 2.00 bits per heavy atom.